The average molecular weight is 255 g/mol. The van der Waals surface area contributed by atoms with Crippen molar-refractivity contribution in [1.29, 1.82) is 0 Å². The highest BCUT2D eigenvalue weighted by molar-refractivity contribution is 5.64. The molecule has 0 radical (unpaired) electrons. The molecule has 0 unspecified atom stereocenters. The molecule has 0 amide bonds. The molecule has 0 bridgehead atoms. The third-order valence-electron chi connectivity index (χ3n) is 3.30. The van der Waals surface area contributed by atoms with Crippen LogP contribution >= 0.6 is 0 Å². The molecule has 19 heavy (non-hydrogen) atoms. The lowest BCUT2D eigenvalue weighted by Crippen LogP contribution is -2.11. The highest BCUT2D eigenvalue weighted by Crippen LogP contribution is 2.28. The highest BCUT2D eigenvalue weighted by atomic mass is 14.8. The second kappa shape index (κ2) is 5.10. The Morgan fingerprint density at radius 1 is 1.11 bits per heavy atom. The Morgan fingerprint density at radius 2 is 1.84 bits per heavy atom. The highest BCUT2D eigenvalue weighted by Gasteiger charge is 2.15. The zero-order valence-corrected chi connectivity index (χ0v) is 12.1. The Kier molecular flexibility index (Phi) is 3.67. The summed E-state index contributed by atoms with van der Waals surface area (Å²) in [7, 11) is 0. The normalized spacial score (nSPS) is 11.6. The van der Waals surface area contributed by atoms with Gasteiger partial charge in [0.1, 0.15) is 6.33 Å². The van der Waals surface area contributed by atoms with Gasteiger partial charge < -0.3 is 5.73 Å². The Balaban J connectivity index is 2.46. The van der Waals surface area contributed by atoms with E-state index in [0.29, 0.717) is 6.54 Å². The lowest BCUT2D eigenvalue weighted by Gasteiger charge is -2.20. The van der Waals surface area contributed by atoms with E-state index in [-0.39, 0.29) is 5.41 Å². The first-order valence-electron chi connectivity index (χ1n) is 6.54. The number of benzene rings is 1. The van der Waals surface area contributed by atoms with Crippen molar-refractivity contribution in [3.05, 3.63) is 47.4 Å². The van der Waals surface area contributed by atoms with Crippen molar-refractivity contribution >= 4 is 0 Å². The zero-order chi connectivity index (χ0) is 14.0. The Bertz CT molecular complexity index is 583. The minimum absolute atomic E-state index is 0.164. The molecule has 0 saturated carbocycles. The van der Waals surface area contributed by atoms with Gasteiger partial charge in [0.15, 0.2) is 0 Å². The summed E-state index contributed by atoms with van der Waals surface area (Å²) in [5.74, 6) is 0. The molecular weight excluding hydrogens is 234 g/mol. The van der Waals surface area contributed by atoms with Crippen LogP contribution in [-0.4, -0.2) is 9.97 Å². The van der Waals surface area contributed by atoms with E-state index >= 15 is 0 Å². The molecule has 0 fully saturated rings. The fourth-order valence-corrected chi connectivity index (χ4v) is 2.07. The monoisotopic (exact) mass is 255 g/mol. The van der Waals surface area contributed by atoms with E-state index in [0.717, 1.165) is 17.0 Å². The summed E-state index contributed by atoms with van der Waals surface area (Å²) in [4.78, 5) is 8.48. The number of hydrogen-bond donors (Lipinski definition) is 1. The van der Waals surface area contributed by atoms with E-state index in [2.05, 4.69) is 55.9 Å². The Hall–Kier alpha value is -1.74. The third-order valence-corrected chi connectivity index (χ3v) is 3.30. The van der Waals surface area contributed by atoms with Gasteiger partial charge in [-0.15, -0.1) is 0 Å². The minimum atomic E-state index is 0.164. The molecule has 2 aromatic rings. The van der Waals surface area contributed by atoms with Crippen LogP contribution in [0.4, 0.5) is 0 Å². The molecule has 0 aliphatic carbocycles. The first kappa shape index (κ1) is 13.7. The van der Waals surface area contributed by atoms with Crippen molar-refractivity contribution in [2.24, 2.45) is 5.73 Å². The molecule has 1 heterocycles. The van der Waals surface area contributed by atoms with Gasteiger partial charge in [0, 0.05) is 12.1 Å². The quantitative estimate of drug-likeness (QED) is 0.896. The van der Waals surface area contributed by atoms with E-state index in [1.807, 2.05) is 6.07 Å². The molecule has 1 aromatic carbocycles. The van der Waals surface area contributed by atoms with Crippen LogP contribution in [0.1, 0.15) is 37.6 Å². The van der Waals surface area contributed by atoms with E-state index in [1.54, 1.807) is 6.33 Å². The number of hydrogen-bond acceptors (Lipinski definition) is 3. The predicted molar refractivity (Wildman–Crippen MR) is 78.8 cm³/mol. The maximum atomic E-state index is 5.63. The van der Waals surface area contributed by atoms with Crippen LogP contribution in [0.5, 0.6) is 0 Å². The fraction of sp³-hybridized carbons (Fsp3) is 0.375. The van der Waals surface area contributed by atoms with Gasteiger partial charge in [0.25, 0.3) is 0 Å². The van der Waals surface area contributed by atoms with Crippen molar-refractivity contribution in [3.63, 3.8) is 0 Å². The number of nitrogens with zero attached hydrogens (tertiary/aromatic N) is 2. The van der Waals surface area contributed by atoms with E-state index in [4.69, 9.17) is 5.73 Å². The molecule has 0 spiro atoms. The molecule has 0 atom stereocenters. The first-order valence-corrected chi connectivity index (χ1v) is 6.54. The van der Waals surface area contributed by atoms with Crippen LogP contribution in [0.2, 0.25) is 0 Å². The van der Waals surface area contributed by atoms with Crippen molar-refractivity contribution < 1.29 is 0 Å². The van der Waals surface area contributed by atoms with Gasteiger partial charge in [-0.1, -0.05) is 39.0 Å². The molecule has 2 N–H and O–H groups in total. The summed E-state index contributed by atoms with van der Waals surface area (Å²) in [5, 5.41) is 0. The predicted octanol–water partition coefficient (Wildman–Crippen LogP) is 3.21. The van der Waals surface area contributed by atoms with Gasteiger partial charge >= 0.3 is 0 Å². The van der Waals surface area contributed by atoms with Crippen LogP contribution in [0.3, 0.4) is 0 Å². The van der Waals surface area contributed by atoms with E-state index < -0.39 is 0 Å². The molecule has 0 aliphatic heterocycles. The molecular formula is C16H21N3. The lowest BCUT2D eigenvalue weighted by atomic mass is 9.85. The van der Waals surface area contributed by atoms with Gasteiger partial charge in [-0.05, 0) is 29.5 Å². The first-order chi connectivity index (χ1) is 8.91. The minimum Gasteiger partial charge on any atom is -0.325 e. The largest absolute Gasteiger partial charge is 0.325 e. The molecule has 0 aliphatic rings. The number of aryl methyl sites for hydroxylation is 1. The van der Waals surface area contributed by atoms with Gasteiger partial charge in [0.05, 0.1) is 11.4 Å². The van der Waals surface area contributed by atoms with Gasteiger partial charge in [-0.25, -0.2) is 9.97 Å². The van der Waals surface area contributed by atoms with Crippen LogP contribution in [0, 0.1) is 6.92 Å². The zero-order valence-electron chi connectivity index (χ0n) is 12.1. The second-order valence-electron chi connectivity index (χ2n) is 5.88. The maximum absolute atomic E-state index is 5.63. The van der Waals surface area contributed by atoms with Crippen molar-refractivity contribution in [2.75, 3.05) is 0 Å². The summed E-state index contributed by atoms with van der Waals surface area (Å²) < 4.78 is 0. The fourth-order valence-electron chi connectivity index (χ4n) is 2.07. The summed E-state index contributed by atoms with van der Waals surface area (Å²) in [6.07, 6.45) is 1.58. The van der Waals surface area contributed by atoms with Crippen molar-refractivity contribution in [1.82, 2.24) is 9.97 Å². The molecule has 3 nitrogen and oxygen atoms in total. The summed E-state index contributed by atoms with van der Waals surface area (Å²) in [6.45, 7) is 9.22. The third kappa shape index (κ3) is 2.99. The van der Waals surface area contributed by atoms with Crippen LogP contribution in [0.25, 0.3) is 11.3 Å². The number of nitrogens with two attached hydrogens (primary N) is 1. The van der Waals surface area contributed by atoms with Gasteiger partial charge in [-0.2, -0.15) is 0 Å². The van der Waals surface area contributed by atoms with E-state index in [9.17, 15) is 0 Å². The van der Waals surface area contributed by atoms with E-state index in [1.165, 1.54) is 11.1 Å². The summed E-state index contributed by atoms with van der Waals surface area (Å²) in [5.41, 5.74) is 11.3. The Morgan fingerprint density at radius 3 is 2.42 bits per heavy atom. The van der Waals surface area contributed by atoms with Crippen molar-refractivity contribution in [3.8, 4) is 11.3 Å². The SMILES string of the molecule is Cc1cc(C(C)(C)C)ccc1-c1cc(CN)ncn1. The summed E-state index contributed by atoms with van der Waals surface area (Å²) >= 11 is 0. The molecule has 1 aromatic heterocycles. The number of rotatable bonds is 2. The average Bonchev–Trinajstić information content (AvgIpc) is 2.37. The molecule has 100 valence electrons. The van der Waals surface area contributed by atoms with Crippen LogP contribution < -0.4 is 5.73 Å². The molecule has 2 rings (SSSR count). The standard InChI is InChI=1S/C16H21N3/c1-11-7-12(16(2,3)4)5-6-14(11)15-8-13(9-17)18-10-19-15/h5-8,10H,9,17H2,1-4H3. The van der Waals surface area contributed by atoms with Gasteiger partial charge in [0.2, 0.25) is 0 Å². The topological polar surface area (TPSA) is 51.8 Å². The van der Waals surface area contributed by atoms with Crippen LogP contribution in [0.15, 0.2) is 30.6 Å². The lowest BCUT2D eigenvalue weighted by molar-refractivity contribution is 0.590. The van der Waals surface area contributed by atoms with Gasteiger partial charge in [-0.3, -0.25) is 0 Å². The molecule has 0 saturated heterocycles. The second-order valence-corrected chi connectivity index (χ2v) is 5.88. The number of aromatic nitrogens is 2. The molecule has 3 heteroatoms. The maximum Gasteiger partial charge on any atom is 0.116 e. The smallest absolute Gasteiger partial charge is 0.116 e. The van der Waals surface area contributed by atoms with Crippen molar-refractivity contribution in [2.45, 2.75) is 39.7 Å². The van der Waals surface area contributed by atoms with Crippen LogP contribution in [-0.2, 0) is 12.0 Å². The Labute approximate surface area is 114 Å². The summed E-state index contributed by atoms with van der Waals surface area (Å²) in [6, 6.07) is 8.50.